The van der Waals surface area contributed by atoms with Gasteiger partial charge in [0.15, 0.2) is 0 Å². The average molecular weight is 220 g/mol. The van der Waals surface area contributed by atoms with Crippen molar-refractivity contribution >= 4 is 5.78 Å². The van der Waals surface area contributed by atoms with Gasteiger partial charge in [0, 0.05) is 12.3 Å². The Morgan fingerprint density at radius 3 is 2.56 bits per heavy atom. The Morgan fingerprint density at radius 1 is 1.38 bits per heavy atom. The highest BCUT2D eigenvalue weighted by molar-refractivity contribution is 5.83. The van der Waals surface area contributed by atoms with Crippen LogP contribution in [-0.2, 0) is 4.79 Å². The Hall–Kier alpha value is -1.35. The standard InChI is InChI=1S/C13H16O3/c1-16-10-7-5-9(6-8-10)13(15)11-3-2-4-12(11)14/h5-8,11,13,15H,2-4H2,1H3/t11-,13-/m0/s1. The average Bonchev–Trinajstić information content (AvgIpc) is 2.75. The van der Waals surface area contributed by atoms with Crippen molar-refractivity contribution in [1.29, 1.82) is 0 Å². The molecular weight excluding hydrogens is 204 g/mol. The summed E-state index contributed by atoms with van der Waals surface area (Å²) in [6, 6.07) is 7.24. The van der Waals surface area contributed by atoms with Gasteiger partial charge < -0.3 is 9.84 Å². The quantitative estimate of drug-likeness (QED) is 0.848. The number of carbonyl (C=O) groups excluding carboxylic acids is 1. The molecule has 16 heavy (non-hydrogen) atoms. The van der Waals surface area contributed by atoms with Crippen LogP contribution in [-0.4, -0.2) is 18.0 Å². The second-order valence-corrected chi connectivity index (χ2v) is 4.18. The topological polar surface area (TPSA) is 46.5 Å². The lowest BCUT2D eigenvalue weighted by Crippen LogP contribution is -2.16. The van der Waals surface area contributed by atoms with Crippen molar-refractivity contribution in [3.8, 4) is 5.75 Å². The highest BCUT2D eigenvalue weighted by Gasteiger charge is 2.31. The van der Waals surface area contributed by atoms with Crippen LogP contribution in [0.2, 0.25) is 0 Å². The van der Waals surface area contributed by atoms with Gasteiger partial charge in [-0.3, -0.25) is 4.79 Å². The number of hydrogen-bond donors (Lipinski definition) is 1. The molecule has 0 saturated heterocycles. The molecule has 0 amide bonds. The zero-order valence-electron chi connectivity index (χ0n) is 9.35. The van der Waals surface area contributed by atoms with Crippen LogP contribution in [0.15, 0.2) is 24.3 Å². The lowest BCUT2D eigenvalue weighted by Gasteiger charge is -2.17. The lowest BCUT2D eigenvalue weighted by molar-refractivity contribution is -0.123. The predicted molar refractivity (Wildman–Crippen MR) is 60.3 cm³/mol. The zero-order chi connectivity index (χ0) is 11.5. The first-order valence-electron chi connectivity index (χ1n) is 5.57. The van der Waals surface area contributed by atoms with E-state index in [-0.39, 0.29) is 11.7 Å². The van der Waals surface area contributed by atoms with E-state index in [0.29, 0.717) is 6.42 Å². The zero-order valence-corrected chi connectivity index (χ0v) is 9.35. The summed E-state index contributed by atoms with van der Waals surface area (Å²) >= 11 is 0. The second kappa shape index (κ2) is 4.66. The molecule has 1 aromatic rings. The van der Waals surface area contributed by atoms with Crippen molar-refractivity contribution in [3.05, 3.63) is 29.8 Å². The highest BCUT2D eigenvalue weighted by atomic mass is 16.5. The van der Waals surface area contributed by atoms with Gasteiger partial charge in [-0.25, -0.2) is 0 Å². The monoisotopic (exact) mass is 220 g/mol. The number of ether oxygens (including phenoxy) is 1. The van der Waals surface area contributed by atoms with Crippen LogP contribution in [0.4, 0.5) is 0 Å². The molecule has 2 rings (SSSR count). The highest BCUT2D eigenvalue weighted by Crippen LogP contribution is 2.33. The van der Waals surface area contributed by atoms with Crippen LogP contribution in [0.3, 0.4) is 0 Å². The molecule has 3 heteroatoms. The van der Waals surface area contributed by atoms with Crippen LogP contribution < -0.4 is 4.74 Å². The molecule has 0 aliphatic heterocycles. The van der Waals surface area contributed by atoms with Crippen molar-refractivity contribution in [2.75, 3.05) is 7.11 Å². The fourth-order valence-electron chi connectivity index (χ4n) is 2.21. The van der Waals surface area contributed by atoms with Gasteiger partial charge in [-0.05, 0) is 30.5 Å². The van der Waals surface area contributed by atoms with Gasteiger partial charge >= 0.3 is 0 Å². The Bertz CT molecular complexity index is 369. The molecule has 1 fully saturated rings. The fraction of sp³-hybridized carbons (Fsp3) is 0.462. The normalized spacial score (nSPS) is 22.1. The maximum Gasteiger partial charge on any atom is 0.138 e. The van der Waals surface area contributed by atoms with E-state index >= 15 is 0 Å². The molecule has 1 aliphatic carbocycles. The number of benzene rings is 1. The minimum absolute atomic E-state index is 0.184. The SMILES string of the molecule is COc1ccc([C@H](O)[C@H]2CCCC2=O)cc1. The van der Waals surface area contributed by atoms with Crippen LogP contribution in [0, 0.1) is 5.92 Å². The van der Waals surface area contributed by atoms with E-state index in [0.717, 1.165) is 24.2 Å². The smallest absolute Gasteiger partial charge is 0.138 e. The number of rotatable bonds is 3. The number of aliphatic hydroxyl groups is 1. The molecule has 0 spiro atoms. The van der Waals surface area contributed by atoms with Gasteiger partial charge in [-0.15, -0.1) is 0 Å². The third kappa shape index (κ3) is 2.09. The number of methoxy groups -OCH3 is 1. The second-order valence-electron chi connectivity index (χ2n) is 4.18. The molecule has 1 N–H and O–H groups in total. The number of carbonyl (C=O) groups is 1. The third-order valence-corrected chi connectivity index (χ3v) is 3.19. The summed E-state index contributed by atoms with van der Waals surface area (Å²) in [5.41, 5.74) is 0.793. The summed E-state index contributed by atoms with van der Waals surface area (Å²) in [6.07, 6.45) is 1.64. The first-order chi connectivity index (χ1) is 7.72. The van der Waals surface area contributed by atoms with E-state index in [9.17, 15) is 9.90 Å². The summed E-state index contributed by atoms with van der Waals surface area (Å²) in [6.45, 7) is 0. The molecule has 1 saturated carbocycles. The van der Waals surface area contributed by atoms with E-state index < -0.39 is 6.10 Å². The first kappa shape index (κ1) is 11.1. The van der Waals surface area contributed by atoms with Gasteiger partial charge in [0.25, 0.3) is 0 Å². The molecular formula is C13H16O3. The van der Waals surface area contributed by atoms with Crippen molar-refractivity contribution in [2.24, 2.45) is 5.92 Å². The van der Waals surface area contributed by atoms with E-state index in [1.54, 1.807) is 19.2 Å². The third-order valence-electron chi connectivity index (χ3n) is 3.19. The summed E-state index contributed by atoms with van der Waals surface area (Å²) in [4.78, 5) is 11.5. The molecule has 0 aromatic heterocycles. The van der Waals surface area contributed by atoms with Gasteiger partial charge in [-0.2, -0.15) is 0 Å². The van der Waals surface area contributed by atoms with E-state index in [2.05, 4.69) is 0 Å². The van der Waals surface area contributed by atoms with E-state index in [4.69, 9.17) is 4.74 Å². The van der Waals surface area contributed by atoms with Crippen molar-refractivity contribution in [2.45, 2.75) is 25.4 Å². The number of ketones is 1. The molecule has 86 valence electrons. The first-order valence-corrected chi connectivity index (χ1v) is 5.57. The van der Waals surface area contributed by atoms with Crippen molar-refractivity contribution in [3.63, 3.8) is 0 Å². The Balaban J connectivity index is 2.13. The molecule has 0 bridgehead atoms. The van der Waals surface area contributed by atoms with Gasteiger partial charge in [0.2, 0.25) is 0 Å². The minimum atomic E-state index is -0.666. The molecule has 1 aromatic carbocycles. The van der Waals surface area contributed by atoms with Crippen LogP contribution in [0.25, 0.3) is 0 Å². The molecule has 0 unspecified atom stereocenters. The van der Waals surface area contributed by atoms with Crippen LogP contribution >= 0.6 is 0 Å². The Labute approximate surface area is 95.0 Å². The summed E-state index contributed by atoms with van der Waals surface area (Å²) in [5.74, 6) is 0.727. The van der Waals surface area contributed by atoms with E-state index in [1.165, 1.54) is 0 Å². The molecule has 1 aliphatic rings. The maximum atomic E-state index is 11.5. The largest absolute Gasteiger partial charge is 0.497 e. The number of Topliss-reactive ketones (excluding diaryl/α,β-unsaturated/α-hetero) is 1. The number of hydrogen-bond acceptors (Lipinski definition) is 3. The van der Waals surface area contributed by atoms with Gasteiger partial charge in [0.1, 0.15) is 11.5 Å². The van der Waals surface area contributed by atoms with Gasteiger partial charge in [-0.1, -0.05) is 12.1 Å². The summed E-state index contributed by atoms with van der Waals surface area (Å²) < 4.78 is 5.05. The predicted octanol–water partition coefficient (Wildman–Crippen LogP) is 2.10. The molecule has 2 atom stereocenters. The Morgan fingerprint density at radius 2 is 2.06 bits per heavy atom. The summed E-state index contributed by atoms with van der Waals surface area (Å²) in [7, 11) is 1.60. The van der Waals surface area contributed by atoms with E-state index in [1.807, 2.05) is 12.1 Å². The fourth-order valence-corrected chi connectivity index (χ4v) is 2.21. The van der Waals surface area contributed by atoms with Crippen molar-refractivity contribution in [1.82, 2.24) is 0 Å². The molecule has 0 radical (unpaired) electrons. The van der Waals surface area contributed by atoms with Crippen LogP contribution in [0.5, 0.6) is 5.75 Å². The molecule has 0 heterocycles. The van der Waals surface area contributed by atoms with Crippen LogP contribution in [0.1, 0.15) is 30.9 Å². The summed E-state index contributed by atoms with van der Waals surface area (Å²) in [5, 5.41) is 10.1. The van der Waals surface area contributed by atoms with Crippen molar-refractivity contribution < 1.29 is 14.6 Å². The molecule has 3 nitrogen and oxygen atoms in total. The Kier molecular flexibility index (Phi) is 3.25. The maximum absolute atomic E-state index is 11.5. The van der Waals surface area contributed by atoms with Gasteiger partial charge in [0.05, 0.1) is 13.2 Å². The minimum Gasteiger partial charge on any atom is -0.497 e. The lowest BCUT2D eigenvalue weighted by atomic mass is 9.94. The number of aliphatic hydroxyl groups excluding tert-OH is 1.